The van der Waals surface area contributed by atoms with Crippen molar-refractivity contribution in [2.45, 2.75) is 0 Å². The maximum absolute atomic E-state index is 6.49. The number of hydrogen-bond donors (Lipinski definition) is 0. The number of fused-ring (bicyclic) bond motifs is 13. The molecule has 8 aromatic carbocycles. The predicted octanol–water partition coefficient (Wildman–Crippen LogP) is 12.5. The summed E-state index contributed by atoms with van der Waals surface area (Å²) in [4.78, 5) is 10.6. The van der Waals surface area contributed by atoms with Crippen LogP contribution in [0.25, 0.3) is 110 Å². The number of para-hydroxylation sites is 3. The highest BCUT2D eigenvalue weighted by Gasteiger charge is 2.25. The van der Waals surface area contributed by atoms with Crippen molar-refractivity contribution in [1.82, 2.24) is 19.1 Å². The summed E-state index contributed by atoms with van der Waals surface area (Å²) >= 11 is 0. The SMILES string of the molecule is c1ccc(-c2nc(-n3c4ccccc4c4c3ccc3c5ccc6oc7ccccc7c6c5n(-c5ccc6ccccc6c5)c34)nc3ccccc23)cc1. The van der Waals surface area contributed by atoms with E-state index >= 15 is 0 Å². The third-order valence-corrected chi connectivity index (χ3v) is 10.9. The quantitative estimate of drug-likeness (QED) is 0.187. The van der Waals surface area contributed by atoms with Gasteiger partial charge < -0.3 is 8.98 Å². The number of rotatable bonds is 3. The number of nitrogens with zero attached hydrogens (tertiary/aromatic N) is 4. The van der Waals surface area contributed by atoms with Gasteiger partial charge in [0.1, 0.15) is 11.2 Å². The summed E-state index contributed by atoms with van der Waals surface area (Å²) in [6.07, 6.45) is 0. The lowest BCUT2D eigenvalue weighted by molar-refractivity contribution is 0.669. The van der Waals surface area contributed by atoms with E-state index in [2.05, 4.69) is 161 Å². The van der Waals surface area contributed by atoms with Crippen molar-refractivity contribution in [3.8, 4) is 22.9 Å². The Morgan fingerprint density at radius 2 is 1.11 bits per heavy atom. The Morgan fingerprint density at radius 1 is 0.415 bits per heavy atom. The summed E-state index contributed by atoms with van der Waals surface area (Å²) in [6, 6.07) is 60.0. The molecular formula is C48H28N4O. The minimum absolute atomic E-state index is 0.643. The molecule has 0 aliphatic rings. The molecule has 0 saturated heterocycles. The molecule has 0 aliphatic heterocycles. The van der Waals surface area contributed by atoms with Crippen molar-refractivity contribution >= 4 is 87.2 Å². The Balaban J connectivity index is 1.28. The first-order valence-corrected chi connectivity index (χ1v) is 17.9. The Labute approximate surface area is 302 Å². The van der Waals surface area contributed by atoms with Gasteiger partial charge in [-0.05, 0) is 59.3 Å². The van der Waals surface area contributed by atoms with Gasteiger partial charge in [0.05, 0.1) is 38.7 Å². The molecule has 0 bridgehead atoms. The normalized spacial score (nSPS) is 12.2. The molecule has 12 aromatic rings. The van der Waals surface area contributed by atoms with Crippen LogP contribution in [-0.2, 0) is 0 Å². The topological polar surface area (TPSA) is 48.8 Å². The van der Waals surface area contributed by atoms with E-state index in [4.69, 9.17) is 14.4 Å². The van der Waals surface area contributed by atoms with Gasteiger partial charge in [0.15, 0.2) is 0 Å². The minimum atomic E-state index is 0.643. The van der Waals surface area contributed by atoms with Crippen LogP contribution in [-0.4, -0.2) is 19.1 Å². The Hall–Kier alpha value is -7.24. The van der Waals surface area contributed by atoms with Crippen LogP contribution in [0.5, 0.6) is 0 Å². The van der Waals surface area contributed by atoms with Crippen molar-refractivity contribution in [2.75, 3.05) is 0 Å². The molecule has 4 aromatic heterocycles. The van der Waals surface area contributed by atoms with Gasteiger partial charge in [-0.3, -0.25) is 4.57 Å². The lowest BCUT2D eigenvalue weighted by atomic mass is 10.1. The van der Waals surface area contributed by atoms with Crippen molar-refractivity contribution in [3.63, 3.8) is 0 Å². The molecule has 0 N–H and O–H groups in total. The van der Waals surface area contributed by atoms with Crippen LogP contribution in [0.1, 0.15) is 0 Å². The van der Waals surface area contributed by atoms with Gasteiger partial charge in [-0.1, -0.05) is 121 Å². The van der Waals surface area contributed by atoms with Crippen LogP contribution in [0, 0.1) is 0 Å². The van der Waals surface area contributed by atoms with Crippen LogP contribution in [0.15, 0.2) is 174 Å². The summed E-state index contributed by atoms with van der Waals surface area (Å²) in [5, 5.41) is 10.3. The highest BCUT2D eigenvalue weighted by molar-refractivity contribution is 6.31. The molecule has 5 heteroatoms. The monoisotopic (exact) mass is 676 g/mol. The zero-order valence-electron chi connectivity index (χ0n) is 28.4. The summed E-state index contributed by atoms with van der Waals surface area (Å²) in [7, 11) is 0. The van der Waals surface area contributed by atoms with Crippen LogP contribution >= 0.6 is 0 Å². The molecule has 0 amide bonds. The third-order valence-electron chi connectivity index (χ3n) is 10.9. The van der Waals surface area contributed by atoms with Crippen molar-refractivity contribution in [1.29, 1.82) is 0 Å². The maximum Gasteiger partial charge on any atom is 0.235 e. The van der Waals surface area contributed by atoms with Gasteiger partial charge in [0.2, 0.25) is 5.95 Å². The van der Waals surface area contributed by atoms with Gasteiger partial charge in [-0.15, -0.1) is 0 Å². The number of hydrogen-bond acceptors (Lipinski definition) is 3. The van der Waals surface area contributed by atoms with Gasteiger partial charge in [-0.25, -0.2) is 9.97 Å². The largest absolute Gasteiger partial charge is 0.456 e. The highest BCUT2D eigenvalue weighted by Crippen LogP contribution is 2.45. The lowest BCUT2D eigenvalue weighted by Gasteiger charge is -2.12. The fourth-order valence-corrected chi connectivity index (χ4v) is 8.62. The van der Waals surface area contributed by atoms with Gasteiger partial charge >= 0.3 is 0 Å². The first-order valence-electron chi connectivity index (χ1n) is 17.9. The standard InChI is InChI=1S/C48H28N4O/c1-2-13-30(14-3-1)45-35-16-6-9-19-38(35)49-48(50-45)52-39-20-10-7-17-36(39)43-40(52)26-24-33-34-25-27-42-44(37-18-8-11-21-41(37)53-42)47(34)51(46(33)43)32-23-22-29-12-4-5-15-31(29)28-32/h1-28H. The average Bonchev–Trinajstić information content (AvgIpc) is 3.88. The van der Waals surface area contributed by atoms with Crippen LogP contribution in [0.2, 0.25) is 0 Å². The summed E-state index contributed by atoms with van der Waals surface area (Å²) in [5.41, 5.74) is 10.1. The Bertz CT molecular complexity index is 3460. The van der Waals surface area contributed by atoms with E-state index in [9.17, 15) is 0 Å². The van der Waals surface area contributed by atoms with Crippen molar-refractivity contribution < 1.29 is 4.42 Å². The van der Waals surface area contributed by atoms with Gasteiger partial charge in [-0.2, -0.15) is 0 Å². The molecular weight excluding hydrogens is 649 g/mol. The second-order valence-electron chi connectivity index (χ2n) is 13.8. The molecule has 0 fully saturated rings. The molecule has 0 radical (unpaired) electrons. The molecule has 246 valence electrons. The fraction of sp³-hybridized carbons (Fsp3) is 0. The first kappa shape index (κ1) is 28.5. The van der Waals surface area contributed by atoms with Crippen LogP contribution < -0.4 is 0 Å². The second kappa shape index (κ2) is 10.6. The fourth-order valence-electron chi connectivity index (χ4n) is 8.62. The molecule has 0 atom stereocenters. The van der Waals surface area contributed by atoms with E-state index in [1.165, 1.54) is 21.5 Å². The van der Waals surface area contributed by atoms with Gasteiger partial charge in [0.25, 0.3) is 0 Å². The van der Waals surface area contributed by atoms with Crippen molar-refractivity contribution in [2.24, 2.45) is 0 Å². The molecule has 53 heavy (non-hydrogen) atoms. The molecule has 0 spiro atoms. The Morgan fingerprint density at radius 3 is 2.00 bits per heavy atom. The van der Waals surface area contributed by atoms with E-state index in [0.717, 1.165) is 82.6 Å². The van der Waals surface area contributed by atoms with Gasteiger partial charge in [0, 0.05) is 43.6 Å². The van der Waals surface area contributed by atoms with Crippen molar-refractivity contribution in [3.05, 3.63) is 170 Å². The number of aromatic nitrogens is 4. The van der Waals surface area contributed by atoms with E-state index in [-0.39, 0.29) is 0 Å². The molecule has 0 saturated carbocycles. The number of benzene rings is 8. The predicted molar refractivity (Wildman–Crippen MR) is 218 cm³/mol. The average molecular weight is 677 g/mol. The van der Waals surface area contributed by atoms with Crippen LogP contribution in [0.4, 0.5) is 0 Å². The third kappa shape index (κ3) is 3.96. The summed E-state index contributed by atoms with van der Waals surface area (Å²) in [6.45, 7) is 0. The summed E-state index contributed by atoms with van der Waals surface area (Å²) < 4.78 is 11.2. The molecule has 12 rings (SSSR count). The Kier molecular flexibility index (Phi) is 5.71. The molecule has 0 aliphatic carbocycles. The second-order valence-corrected chi connectivity index (χ2v) is 13.8. The molecule has 5 nitrogen and oxygen atoms in total. The zero-order chi connectivity index (χ0) is 34.6. The highest BCUT2D eigenvalue weighted by atomic mass is 16.3. The minimum Gasteiger partial charge on any atom is -0.456 e. The van der Waals surface area contributed by atoms with E-state index in [1.807, 2.05) is 18.2 Å². The van der Waals surface area contributed by atoms with Crippen LogP contribution in [0.3, 0.4) is 0 Å². The van der Waals surface area contributed by atoms with E-state index in [0.29, 0.717) is 5.95 Å². The zero-order valence-corrected chi connectivity index (χ0v) is 28.4. The smallest absolute Gasteiger partial charge is 0.235 e. The van der Waals surface area contributed by atoms with E-state index in [1.54, 1.807) is 0 Å². The first-order chi connectivity index (χ1) is 26.3. The molecule has 0 unspecified atom stereocenters. The maximum atomic E-state index is 6.49. The van der Waals surface area contributed by atoms with E-state index < -0.39 is 0 Å². The lowest BCUT2D eigenvalue weighted by Crippen LogP contribution is -2.03. The molecule has 4 heterocycles. The number of furan rings is 1. The summed E-state index contributed by atoms with van der Waals surface area (Å²) in [5.74, 6) is 0.643.